The number of sulfonamides is 1. The summed E-state index contributed by atoms with van der Waals surface area (Å²) in [6, 6.07) is 16.2. The molecule has 0 spiro atoms. The van der Waals surface area contributed by atoms with E-state index in [0.29, 0.717) is 24.0 Å². The Balaban J connectivity index is 1.62. The highest BCUT2D eigenvalue weighted by Gasteiger charge is 2.25. The molecule has 5 rings (SSSR count). The van der Waals surface area contributed by atoms with Gasteiger partial charge in [-0.15, -0.1) is 0 Å². The van der Waals surface area contributed by atoms with E-state index >= 15 is 0 Å². The van der Waals surface area contributed by atoms with Crippen molar-refractivity contribution in [3.63, 3.8) is 0 Å². The lowest BCUT2D eigenvalue weighted by Crippen LogP contribution is -2.13. The lowest BCUT2D eigenvalue weighted by Gasteiger charge is -2.16. The minimum Gasteiger partial charge on any atom is -0.494 e. The molecule has 1 aromatic heterocycles. The van der Waals surface area contributed by atoms with Gasteiger partial charge in [0.1, 0.15) is 17.1 Å². The van der Waals surface area contributed by atoms with Gasteiger partial charge in [0.25, 0.3) is 10.0 Å². The van der Waals surface area contributed by atoms with Gasteiger partial charge in [-0.1, -0.05) is 31.2 Å². The molecule has 31 heavy (non-hydrogen) atoms. The molecule has 0 fully saturated rings. The van der Waals surface area contributed by atoms with Crippen LogP contribution in [-0.4, -0.2) is 15.0 Å². The van der Waals surface area contributed by atoms with Crippen LogP contribution in [0.2, 0.25) is 0 Å². The Kier molecular flexibility index (Phi) is 4.89. The third-order valence-electron chi connectivity index (χ3n) is 5.99. The van der Waals surface area contributed by atoms with Crippen LogP contribution in [0.25, 0.3) is 21.7 Å². The van der Waals surface area contributed by atoms with Crippen molar-refractivity contribution in [3.05, 3.63) is 65.9 Å². The maximum absolute atomic E-state index is 13.1. The summed E-state index contributed by atoms with van der Waals surface area (Å²) >= 11 is 0. The van der Waals surface area contributed by atoms with Gasteiger partial charge in [0, 0.05) is 28.1 Å². The number of hydrogen-bond acceptors (Lipinski definition) is 4. The molecular weight excluding hydrogens is 410 g/mol. The van der Waals surface area contributed by atoms with E-state index in [9.17, 15) is 8.42 Å². The Bertz CT molecular complexity index is 1370. The summed E-state index contributed by atoms with van der Waals surface area (Å²) in [5.74, 6) is 2.27. The number of ether oxygens (including phenoxy) is 1. The zero-order valence-electron chi connectivity index (χ0n) is 17.6. The molecule has 0 amide bonds. The molecule has 1 atom stereocenters. The second kappa shape index (κ2) is 7.61. The topological polar surface area (TPSA) is 68.5 Å². The molecular formula is C25H25NO4S. The van der Waals surface area contributed by atoms with Crippen LogP contribution in [0.4, 0.5) is 5.69 Å². The Morgan fingerprint density at radius 3 is 2.55 bits per heavy atom. The van der Waals surface area contributed by atoms with Crippen molar-refractivity contribution in [2.45, 2.75) is 38.0 Å². The van der Waals surface area contributed by atoms with Gasteiger partial charge in [-0.05, 0) is 56.0 Å². The SMILES string of the molecule is CCOc1ccc(S(=O)(=O)Nc2cc3c4c(oc3c3ccccc23)CC(C)CC4)cc1. The van der Waals surface area contributed by atoms with Crippen molar-refractivity contribution in [2.24, 2.45) is 5.92 Å². The summed E-state index contributed by atoms with van der Waals surface area (Å²) < 4.78 is 40.8. The average Bonchev–Trinajstić information content (AvgIpc) is 3.12. The summed E-state index contributed by atoms with van der Waals surface area (Å²) in [6.45, 7) is 4.66. The van der Waals surface area contributed by atoms with Crippen molar-refractivity contribution in [3.8, 4) is 5.75 Å². The lowest BCUT2D eigenvalue weighted by molar-refractivity contribution is 0.340. The number of anilines is 1. The highest BCUT2D eigenvalue weighted by molar-refractivity contribution is 7.92. The average molecular weight is 436 g/mol. The summed E-state index contributed by atoms with van der Waals surface area (Å²) in [7, 11) is -3.75. The molecule has 0 saturated heterocycles. The number of fused-ring (bicyclic) bond motifs is 5. The molecule has 6 heteroatoms. The second-order valence-corrected chi connectivity index (χ2v) is 9.89. The van der Waals surface area contributed by atoms with Gasteiger partial charge in [-0.3, -0.25) is 4.72 Å². The van der Waals surface area contributed by atoms with Gasteiger partial charge in [-0.25, -0.2) is 8.42 Å². The largest absolute Gasteiger partial charge is 0.494 e. The number of aryl methyl sites for hydroxylation is 1. The molecule has 3 aromatic carbocycles. The molecule has 1 N–H and O–H groups in total. The molecule has 0 bridgehead atoms. The van der Waals surface area contributed by atoms with Gasteiger partial charge in [-0.2, -0.15) is 0 Å². The van der Waals surface area contributed by atoms with Crippen LogP contribution >= 0.6 is 0 Å². The first kappa shape index (κ1) is 19.9. The van der Waals surface area contributed by atoms with Crippen LogP contribution in [0.15, 0.2) is 63.9 Å². The third kappa shape index (κ3) is 3.55. The van der Waals surface area contributed by atoms with E-state index in [1.807, 2.05) is 37.3 Å². The highest BCUT2D eigenvalue weighted by atomic mass is 32.2. The summed E-state index contributed by atoms with van der Waals surface area (Å²) in [5, 5.41) is 2.75. The summed E-state index contributed by atoms with van der Waals surface area (Å²) in [5.41, 5.74) is 2.62. The molecule has 1 aliphatic rings. The normalized spacial score (nSPS) is 16.4. The van der Waals surface area contributed by atoms with Crippen LogP contribution in [0.5, 0.6) is 5.75 Å². The van der Waals surface area contributed by atoms with Crippen molar-refractivity contribution in [2.75, 3.05) is 11.3 Å². The van der Waals surface area contributed by atoms with Crippen molar-refractivity contribution in [1.29, 1.82) is 0 Å². The maximum atomic E-state index is 13.1. The Morgan fingerprint density at radius 1 is 1.06 bits per heavy atom. The fourth-order valence-electron chi connectivity index (χ4n) is 4.44. The van der Waals surface area contributed by atoms with Gasteiger partial charge >= 0.3 is 0 Å². The van der Waals surface area contributed by atoms with E-state index in [1.54, 1.807) is 24.3 Å². The van der Waals surface area contributed by atoms with Crippen LogP contribution < -0.4 is 9.46 Å². The molecule has 1 heterocycles. The first-order valence-electron chi connectivity index (χ1n) is 10.7. The molecule has 1 aliphatic carbocycles. The van der Waals surface area contributed by atoms with Crippen LogP contribution in [0.1, 0.15) is 31.6 Å². The molecule has 4 aromatic rings. The van der Waals surface area contributed by atoms with Crippen LogP contribution in [0, 0.1) is 5.92 Å². The van der Waals surface area contributed by atoms with Crippen LogP contribution in [-0.2, 0) is 22.9 Å². The number of furan rings is 1. The van der Waals surface area contributed by atoms with E-state index in [4.69, 9.17) is 9.15 Å². The van der Waals surface area contributed by atoms with Crippen LogP contribution in [0.3, 0.4) is 0 Å². The van der Waals surface area contributed by atoms with Crippen molar-refractivity contribution >= 4 is 37.5 Å². The smallest absolute Gasteiger partial charge is 0.261 e. The van der Waals surface area contributed by atoms with Gasteiger partial charge < -0.3 is 9.15 Å². The Labute approximate surface area is 182 Å². The number of benzene rings is 3. The van der Waals surface area contributed by atoms with Gasteiger partial charge in [0.15, 0.2) is 0 Å². The zero-order valence-corrected chi connectivity index (χ0v) is 18.5. The second-order valence-electron chi connectivity index (χ2n) is 8.21. The predicted octanol–water partition coefficient (Wildman–Crippen LogP) is 5.91. The maximum Gasteiger partial charge on any atom is 0.261 e. The van der Waals surface area contributed by atoms with Gasteiger partial charge in [0.05, 0.1) is 17.2 Å². The quantitative estimate of drug-likeness (QED) is 0.423. The standard InChI is InChI=1S/C25H25NO4S/c1-3-29-17-9-11-18(12-10-17)31(27,28)26-23-15-22-20-13-8-16(2)14-24(20)30-25(22)21-7-5-4-6-19(21)23/h4-7,9-12,15-16,26H,3,8,13-14H2,1-2H3. The summed E-state index contributed by atoms with van der Waals surface area (Å²) in [4.78, 5) is 0.197. The zero-order chi connectivity index (χ0) is 21.6. The van der Waals surface area contributed by atoms with Crippen molar-refractivity contribution < 1.29 is 17.6 Å². The Hall–Kier alpha value is -2.99. The molecule has 160 valence electrons. The number of hydrogen-bond donors (Lipinski definition) is 1. The first-order valence-corrected chi connectivity index (χ1v) is 12.2. The Morgan fingerprint density at radius 2 is 1.81 bits per heavy atom. The van der Waals surface area contributed by atoms with E-state index in [-0.39, 0.29) is 4.90 Å². The highest BCUT2D eigenvalue weighted by Crippen LogP contribution is 2.40. The molecule has 0 radical (unpaired) electrons. The fraction of sp³-hybridized carbons (Fsp3) is 0.280. The number of nitrogens with one attached hydrogen (secondary N) is 1. The van der Waals surface area contributed by atoms with E-state index in [0.717, 1.165) is 46.8 Å². The first-order chi connectivity index (χ1) is 15.0. The molecule has 5 nitrogen and oxygen atoms in total. The minimum absolute atomic E-state index is 0.197. The summed E-state index contributed by atoms with van der Waals surface area (Å²) in [6.07, 6.45) is 2.99. The fourth-order valence-corrected chi connectivity index (χ4v) is 5.51. The number of rotatable bonds is 5. The van der Waals surface area contributed by atoms with Gasteiger partial charge in [0.2, 0.25) is 0 Å². The van der Waals surface area contributed by atoms with E-state index in [2.05, 4.69) is 11.6 Å². The van der Waals surface area contributed by atoms with E-state index in [1.165, 1.54) is 5.56 Å². The third-order valence-corrected chi connectivity index (χ3v) is 7.37. The van der Waals surface area contributed by atoms with E-state index < -0.39 is 10.0 Å². The minimum atomic E-state index is -3.75. The predicted molar refractivity (Wildman–Crippen MR) is 123 cm³/mol. The molecule has 1 unspecified atom stereocenters. The lowest BCUT2D eigenvalue weighted by atomic mass is 9.88. The monoisotopic (exact) mass is 435 g/mol. The van der Waals surface area contributed by atoms with Crippen molar-refractivity contribution in [1.82, 2.24) is 0 Å². The molecule has 0 aliphatic heterocycles. The molecule has 0 saturated carbocycles.